The molecule has 0 radical (unpaired) electrons. The number of hydrogen-bond acceptors (Lipinski definition) is 4. The molecule has 3 rings (SSSR count). The standard InChI is InChI=1S/C27H37N3O2/c1-6-9-15-29(16-10-7-2)26(8-3)32-23-13-11-22(12-14-23)27(31)24-19-30-21(5)17-20(4)18-25(30)28-24/h11-14,17-19,26H,6-10,15-16H2,1-5H3. The minimum atomic E-state index is -0.0723. The Morgan fingerprint density at radius 1 is 1.03 bits per heavy atom. The van der Waals surface area contributed by atoms with Crippen molar-refractivity contribution in [1.29, 1.82) is 0 Å². The molecule has 0 amide bonds. The zero-order chi connectivity index (χ0) is 23.1. The molecule has 5 heteroatoms. The zero-order valence-electron chi connectivity index (χ0n) is 20.2. The van der Waals surface area contributed by atoms with Crippen LogP contribution < -0.4 is 4.74 Å². The summed E-state index contributed by atoms with van der Waals surface area (Å²) in [6, 6.07) is 11.6. The van der Waals surface area contributed by atoms with Crippen LogP contribution in [0.3, 0.4) is 0 Å². The molecule has 1 aromatic carbocycles. The summed E-state index contributed by atoms with van der Waals surface area (Å²) in [5.41, 5.74) is 4.09. The molecule has 0 fully saturated rings. The van der Waals surface area contributed by atoms with Gasteiger partial charge in [0.2, 0.25) is 5.78 Å². The molecular formula is C27H37N3O2. The second-order valence-corrected chi connectivity index (χ2v) is 8.61. The van der Waals surface area contributed by atoms with Gasteiger partial charge in [-0.2, -0.15) is 0 Å². The highest BCUT2D eigenvalue weighted by Crippen LogP contribution is 2.20. The maximum Gasteiger partial charge on any atom is 0.212 e. The molecule has 2 heterocycles. The normalized spacial score (nSPS) is 12.4. The van der Waals surface area contributed by atoms with Crippen molar-refractivity contribution >= 4 is 11.4 Å². The molecular weight excluding hydrogens is 398 g/mol. The lowest BCUT2D eigenvalue weighted by Gasteiger charge is -2.31. The number of aromatic nitrogens is 2. The van der Waals surface area contributed by atoms with Crippen LogP contribution in [0.1, 0.15) is 80.2 Å². The van der Waals surface area contributed by atoms with Crippen molar-refractivity contribution in [3.63, 3.8) is 0 Å². The Kier molecular flexibility index (Phi) is 8.46. The number of aryl methyl sites for hydroxylation is 2. The van der Waals surface area contributed by atoms with Gasteiger partial charge in [0.05, 0.1) is 0 Å². The predicted molar refractivity (Wildman–Crippen MR) is 131 cm³/mol. The number of hydrogen-bond donors (Lipinski definition) is 0. The molecule has 2 aromatic heterocycles. The fourth-order valence-corrected chi connectivity index (χ4v) is 4.06. The number of carbonyl (C=O) groups is 1. The third-order valence-corrected chi connectivity index (χ3v) is 5.88. The first-order valence-electron chi connectivity index (χ1n) is 12.0. The maximum atomic E-state index is 13.0. The second kappa shape index (κ2) is 11.3. The number of fused-ring (bicyclic) bond motifs is 1. The number of ether oxygens (including phenoxy) is 1. The average Bonchev–Trinajstić information content (AvgIpc) is 3.22. The van der Waals surface area contributed by atoms with Crippen molar-refractivity contribution in [2.24, 2.45) is 0 Å². The van der Waals surface area contributed by atoms with Crippen LogP contribution in [0.4, 0.5) is 0 Å². The second-order valence-electron chi connectivity index (χ2n) is 8.61. The van der Waals surface area contributed by atoms with E-state index < -0.39 is 0 Å². The van der Waals surface area contributed by atoms with E-state index in [2.05, 4.69) is 36.7 Å². The highest BCUT2D eigenvalue weighted by Gasteiger charge is 2.19. The van der Waals surface area contributed by atoms with E-state index in [1.807, 2.05) is 54.8 Å². The molecule has 0 spiro atoms. The highest BCUT2D eigenvalue weighted by atomic mass is 16.5. The molecule has 0 bridgehead atoms. The number of benzene rings is 1. The van der Waals surface area contributed by atoms with Crippen LogP contribution in [-0.2, 0) is 0 Å². The number of imidazole rings is 1. The van der Waals surface area contributed by atoms with Gasteiger partial charge in [-0.1, -0.05) is 33.6 Å². The first-order valence-corrected chi connectivity index (χ1v) is 12.0. The smallest absolute Gasteiger partial charge is 0.212 e. The van der Waals surface area contributed by atoms with E-state index in [4.69, 9.17) is 4.74 Å². The van der Waals surface area contributed by atoms with Crippen molar-refractivity contribution in [2.75, 3.05) is 13.1 Å². The Hall–Kier alpha value is -2.66. The van der Waals surface area contributed by atoms with Crippen LogP contribution in [0.2, 0.25) is 0 Å². The van der Waals surface area contributed by atoms with Gasteiger partial charge >= 0.3 is 0 Å². The Balaban J connectivity index is 1.73. The van der Waals surface area contributed by atoms with Gasteiger partial charge in [0.25, 0.3) is 0 Å². The fourth-order valence-electron chi connectivity index (χ4n) is 4.06. The monoisotopic (exact) mass is 435 g/mol. The molecule has 172 valence electrons. The van der Waals surface area contributed by atoms with Gasteiger partial charge in [-0.05, 0) is 75.1 Å². The number of unbranched alkanes of at least 4 members (excludes halogenated alkanes) is 2. The summed E-state index contributed by atoms with van der Waals surface area (Å²) in [5.74, 6) is 0.727. The van der Waals surface area contributed by atoms with Gasteiger partial charge in [0, 0.05) is 30.5 Å². The van der Waals surface area contributed by atoms with Gasteiger partial charge in [0.1, 0.15) is 17.1 Å². The summed E-state index contributed by atoms with van der Waals surface area (Å²) in [7, 11) is 0. The molecule has 1 unspecified atom stereocenters. The van der Waals surface area contributed by atoms with Crippen molar-refractivity contribution < 1.29 is 9.53 Å². The quantitative estimate of drug-likeness (QED) is 0.251. The first kappa shape index (κ1) is 24.0. The molecule has 0 saturated carbocycles. The Bertz CT molecular complexity index is 1020. The number of pyridine rings is 1. The predicted octanol–water partition coefficient (Wildman–Crippen LogP) is 6.20. The Labute approximate surface area is 192 Å². The van der Waals surface area contributed by atoms with Gasteiger partial charge in [-0.25, -0.2) is 4.98 Å². The van der Waals surface area contributed by atoms with E-state index >= 15 is 0 Å². The summed E-state index contributed by atoms with van der Waals surface area (Å²) in [5, 5.41) is 0. The zero-order valence-corrected chi connectivity index (χ0v) is 20.2. The van der Waals surface area contributed by atoms with Gasteiger partial charge in [-0.15, -0.1) is 0 Å². The minimum absolute atomic E-state index is 0.0549. The lowest BCUT2D eigenvalue weighted by Crippen LogP contribution is -2.40. The summed E-state index contributed by atoms with van der Waals surface area (Å²) in [4.78, 5) is 20.0. The lowest BCUT2D eigenvalue weighted by atomic mass is 10.1. The number of ketones is 1. The molecule has 0 aliphatic carbocycles. The SMILES string of the molecule is CCCCN(CCCC)C(CC)Oc1ccc(C(=O)c2cn3c(C)cc(C)cc3n2)cc1. The molecule has 5 nitrogen and oxygen atoms in total. The molecule has 3 aromatic rings. The van der Waals surface area contributed by atoms with Gasteiger partial charge in [0.15, 0.2) is 6.23 Å². The van der Waals surface area contributed by atoms with E-state index in [1.165, 1.54) is 25.7 Å². The van der Waals surface area contributed by atoms with E-state index in [1.54, 1.807) is 0 Å². The molecule has 0 aliphatic heterocycles. The number of rotatable bonds is 12. The van der Waals surface area contributed by atoms with Crippen molar-refractivity contribution in [2.45, 2.75) is 73.0 Å². The lowest BCUT2D eigenvalue weighted by molar-refractivity contribution is 0.0202. The van der Waals surface area contributed by atoms with Crippen molar-refractivity contribution in [3.8, 4) is 5.75 Å². The van der Waals surface area contributed by atoms with E-state index in [-0.39, 0.29) is 12.0 Å². The number of nitrogens with zero attached hydrogens (tertiary/aromatic N) is 3. The molecule has 32 heavy (non-hydrogen) atoms. The van der Waals surface area contributed by atoms with E-state index in [9.17, 15) is 4.79 Å². The van der Waals surface area contributed by atoms with Crippen molar-refractivity contribution in [3.05, 3.63) is 65.1 Å². The third kappa shape index (κ3) is 5.77. The molecule has 1 atom stereocenters. The molecule has 0 aliphatic rings. The van der Waals surface area contributed by atoms with Crippen LogP contribution in [0.25, 0.3) is 5.65 Å². The largest absolute Gasteiger partial charge is 0.475 e. The summed E-state index contributed by atoms with van der Waals surface area (Å²) in [6.07, 6.45) is 7.51. The summed E-state index contributed by atoms with van der Waals surface area (Å²) < 4.78 is 8.30. The first-order chi connectivity index (χ1) is 15.5. The minimum Gasteiger partial charge on any atom is -0.475 e. The molecule has 0 saturated heterocycles. The van der Waals surface area contributed by atoms with Crippen LogP contribution >= 0.6 is 0 Å². The van der Waals surface area contributed by atoms with Gasteiger partial charge in [-0.3, -0.25) is 9.69 Å². The van der Waals surface area contributed by atoms with Gasteiger partial charge < -0.3 is 9.14 Å². The topological polar surface area (TPSA) is 46.8 Å². The van der Waals surface area contributed by atoms with Crippen LogP contribution in [0, 0.1) is 13.8 Å². The summed E-state index contributed by atoms with van der Waals surface area (Å²) in [6.45, 7) is 12.8. The maximum absolute atomic E-state index is 13.0. The van der Waals surface area contributed by atoms with E-state index in [0.717, 1.165) is 42.2 Å². The van der Waals surface area contributed by atoms with Crippen LogP contribution in [0.5, 0.6) is 5.75 Å². The molecule has 0 N–H and O–H groups in total. The van der Waals surface area contributed by atoms with Crippen LogP contribution in [0.15, 0.2) is 42.6 Å². The third-order valence-electron chi connectivity index (χ3n) is 5.88. The van der Waals surface area contributed by atoms with Crippen molar-refractivity contribution in [1.82, 2.24) is 14.3 Å². The average molecular weight is 436 g/mol. The Morgan fingerprint density at radius 3 is 2.28 bits per heavy atom. The Morgan fingerprint density at radius 2 is 1.69 bits per heavy atom. The highest BCUT2D eigenvalue weighted by molar-refractivity contribution is 6.08. The summed E-state index contributed by atoms with van der Waals surface area (Å²) >= 11 is 0. The van der Waals surface area contributed by atoms with E-state index in [0.29, 0.717) is 11.3 Å². The van der Waals surface area contributed by atoms with Crippen LogP contribution in [-0.4, -0.2) is 39.4 Å². The number of carbonyl (C=O) groups excluding carboxylic acids is 1. The fraction of sp³-hybridized carbons (Fsp3) is 0.481.